The van der Waals surface area contributed by atoms with Gasteiger partial charge in [-0.3, -0.25) is 4.90 Å². The van der Waals surface area contributed by atoms with Crippen LogP contribution in [0.15, 0.2) is 0 Å². The second-order valence-electron chi connectivity index (χ2n) is 3.80. The number of likely N-dealkylation sites (N-methyl/N-ethyl adjacent to an activating group) is 1. The normalized spacial score (nSPS) is 14.6. The van der Waals surface area contributed by atoms with Gasteiger partial charge in [0.15, 0.2) is 0 Å². The predicted octanol–water partition coefficient (Wildman–Crippen LogP) is 2.26. The van der Waals surface area contributed by atoms with E-state index >= 15 is 0 Å². The molecule has 0 rings (SSSR count). The fourth-order valence-corrected chi connectivity index (χ4v) is 1.40. The molecule has 0 saturated heterocycles. The van der Waals surface area contributed by atoms with Crippen LogP contribution in [0, 0.1) is 0 Å². The van der Waals surface area contributed by atoms with Gasteiger partial charge < -0.3 is 5.32 Å². The van der Waals surface area contributed by atoms with Gasteiger partial charge in [0.05, 0.1) is 6.54 Å². The first-order valence-corrected chi connectivity index (χ1v) is 5.41. The van der Waals surface area contributed by atoms with E-state index in [1.807, 2.05) is 13.8 Å². The van der Waals surface area contributed by atoms with Crippen molar-refractivity contribution in [1.29, 1.82) is 0 Å². The highest BCUT2D eigenvalue weighted by atomic mass is 19.4. The van der Waals surface area contributed by atoms with Crippen LogP contribution in [0.25, 0.3) is 0 Å². The molecule has 0 aromatic rings. The van der Waals surface area contributed by atoms with E-state index in [0.717, 1.165) is 13.0 Å². The van der Waals surface area contributed by atoms with Crippen molar-refractivity contribution in [2.75, 3.05) is 26.2 Å². The van der Waals surface area contributed by atoms with Crippen LogP contribution in [0.5, 0.6) is 0 Å². The molecule has 0 bridgehead atoms. The zero-order valence-electron chi connectivity index (χ0n) is 9.69. The number of hydrogen-bond donors (Lipinski definition) is 1. The highest BCUT2D eigenvalue weighted by molar-refractivity contribution is 4.69. The standard InChI is InChI=1S/C10H21F3N2/c1-4-6-14-9(3)7-15(5-2)8-10(11,12)13/h9,14H,4-8H2,1-3H3. The van der Waals surface area contributed by atoms with Crippen LogP contribution in [0.1, 0.15) is 27.2 Å². The van der Waals surface area contributed by atoms with Crippen LogP contribution in [0.2, 0.25) is 0 Å². The van der Waals surface area contributed by atoms with Crippen molar-refractivity contribution in [2.24, 2.45) is 0 Å². The van der Waals surface area contributed by atoms with Crippen molar-refractivity contribution < 1.29 is 13.2 Å². The molecule has 2 nitrogen and oxygen atoms in total. The summed E-state index contributed by atoms with van der Waals surface area (Å²) in [5, 5.41) is 3.17. The Bertz CT molecular complexity index is 159. The number of alkyl halides is 3. The molecule has 1 N–H and O–H groups in total. The number of hydrogen-bond acceptors (Lipinski definition) is 2. The summed E-state index contributed by atoms with van der Waals surface area (Å²) in [6, 6.07) is 0.104. The Kier molecular flexibility index (Phi) is 6.92. The predicted molar refractivity (Wildman–Crippen MR) is 55.9 cm³/mol. The maximum atomic E-state index is 12.1. The van der Waals surface area contributed by atoms with Gasteiger partial charge in [-0.2, -0.15) is 13.2 Å². The number of nitrogens with zero attached hydrogens (tertiary/aromatic N) is 1. The monoisotopic (exact) mass is 226 g/mol. The SMILES string of the molecule is CCCNC(C)CN(CC)CC(F)(F)F. The van der Waals surface area contributed by atoms with Gasteiger partial charge in [-0.1, -0.05) is 13.8 Å². The van der Waals surface area contributed by atoms with Crippen LogP contribution in [-0.4, -0.2) is 43.3 Å². The molecule has 0 saturated carbocycles. The summed E-state index contributed by atoms with van der Waals surface area (Å²) in [7, 11) is 0. The summed E-state index contributed by atoms with van der Waals surface area (Å²) in [4.78, 5) is 1.41. The third kappa shape index (κ3) is 8.69. The smallest absolute Gasteiger partial charge is 0.313 e. The second-order valence-corrected chi connectivity index (χ2v) is 3.80. The van der Waals surface area contributed by atoms with Crippen molar-refractivity contribution >= 4 is 0 Å². The van der Waals surface area contributed by atoms with Gasteiger partial charge in [0.2, 0.25) is 0 Å². The molecular formula is C10H21F3N2. The molecule has 0 spiro atoms. The molecule has 92 valence electrons. The molecule has 1 atom stereocenters. The second kappa shape index (κ2) is 7.06. The van der Waals surface area contributed by atoms with Crippen LogP contribution in [0.4, 0.5) is 13.2 Å². The summed E-state index contributed by atoms with van der Waals surface area (Å²) >= 11 is 0. The average molecular weight is 226 g/mol. The van der Waals surface area contributed by atoms with E-state index in [-0.39, 0.29) is 6.04 Å². The minimum Gasteiger partial charge on any atom is -0.313 e. The topological polar surface area (TPSA) is 15.3 Å². The Balaban J connectivity index is 3.87. The molecular weight excluding hydrogens is 205 g/mol. The Hall–Kier alpha value is -0.290. The van der Waals surface area contributed by atoms with Gasteiger partial charge in [-0.25, -0.2) is 0 Å². The fourth-order valence-electron chi connectivity index (χ4n) is 1.40. The van der Waals surface area contributed by atoms with Crippen molar-refractivity contribution in [1.82, 2.24) is 10.2 Å². The summed E-state index contributed by atoms with van der Waals surface area (Å²) in [6.07, 6.45) is -3.10. The van der Waals surface area contributed by atoms with Gasteiger partial charge in [0, 0.05) is 12.6 Å². The molecule has 0 heterocycles. The van der Waals surface area contributed by atoms with E-state index in [1.54, 1.807) is 6.92 Å². The van der Waals surface area contributed by atoms with Crippen LogP contribution < -0.4 is 5.32 Å². The minimum absolute atomic E-state index is 0.104. The third-order valence-electron chi connectivity index (χ3n) is 2.12. The zero-order chi connectivity index (χ0) is 11.9. The van der Waals surface area contributed by atoms with E-state index in [9.17, 15) is 13.2 Å². The molecule has 0 aliphatic heterocycles. The number of halogens is 3. The van der Waals surface area contributed by atoms with Crippen LogP contribution >= 0.6 is 0 Å². The Morgan fingerprint density at radius 2 is 1.87 bits per heavy atom. The molecule has 0 amide bonds. The molecule has 0 aromatic heterocycles. The highest BCUT2D eigenvalue weighted by Crippen LogP contribution is 2.16. The molecule has 0 aromatic carbocycles. The third-order valence-corrected chi connectivity index (χ3v) is 2.12. The van der Waals surface area contributed by atoms with Crippen molar-refractivity contribution in [3.8, 4) is 0 Å². The molecule has 5 heteroatoms. The lowest BCUT2D eigenvalue weighted by Gasteiger charge is -2.25. The van der Waals surface area contributed by atoms with E-state index < -0.39 is 12.7 Å². The Labute approximate surface area is 89.8 Å². The van der Waals surface area contributed by atoms with Gasteiger partial charge in [-0.05, 0) is 26.4 Å². The lowest BCUT2D eigenvalue weighted by atomic mass is 10.3. The first kappa shape index (κ1) is 14.7. The molecule has 0 aliphatic rings. The van der Waals surface area contributed by atoms with Gasteiger partial charge in [-0.15, -0.1) is 0 Å². The molecule has 0 fully saturated rings. The number of nitrogens with one attached hydrogen (secondary N) is 1. The fraction of sp³-hybridized carbons (Fsp3) is 1.00. The molecule has 0 radical (unpaired) electrons. The minimum atomic E-state index is -4.10. The van der Waals surface area contributed by atoms with Gasteiger partial charge in [0.25, 0.3) is 0 Å². The molecule has 0 aliphatic carbocycles. The quantitative estimate of drug-likeness (QED) is 0.716. The summed E-state index contributed by atoms with van der Waals surface area (Å²) in [5.41, 5.74) is 0. The zero-order valence-corrected chi connectivity index (χ0v) is 9.69. The first-order valence-electron chi connectivity index (χ1n) is 5.41. The van der Waals surface area contributed by atoms with Gasteiger partial charge >= 0.3 is 6.18 Å². The van der Waals surface area contributed by atoms with Crippen molar-refractivity contribution in [3.05, 3.63) is 0 Å². The lowest BCUT2D eigenvalue weighted by Crippen LogP contribution is -2.43. The maximum Gasteiger partial charge on any atom is 0.401 e. The van der Waals surface area contributed by atoms with Crippen molar-refractivity contribution in [3.63, 3.8) is 0 Å². The van der Waals surface area contributed by atoms with Crippen LogP contribution in [0.3, 0.4) is 0 Å². The van der Waals surface area contributed by atoms with E-state index in [2.05, 4.69) is 5.32 Å². The molecule has 15 heavy (non-hydrogen) atoms. The highest BCUT2D eigenvalue weighted by Gasteiger charge is 2.30. The van der Waals surface area contributed by atoms with E-state index in [1.165, 1.54) is 4.90 Å². The average Bonchev–Trinajstić information content (AvgIpc) is 2.11. The first-order chi connectivity index (χ1) is 6.89. The Morgan fingerprint density at radius 3 is 2.27 bits per heavy atom. The Morgan fingerprint density at radius 1 is 1.27 bits per heavy atom. The number of rotatable bonds is 7. The summed E-state index contributed by atoms with van der Waals surface area (Å²) in [6.45, 7) is 6.60. The van der Waals surface area contributed by atoms with Crippen molar-refractivity contribution in [2.45, 2.75) is 39.4 Å². The molecule has 1 unspecified atom stereocenters. The lowest BCUT2D eigenvalue weighted by molar-refractivity contribution is -0.146. The van der Waals surface area contributed by atoms with Crippen LogP contribution in [-0.2, 0) is 0 Å². The van der Waals surface area contributed by atoms with E-state index in [4.69, 9.17) is 0 Å². The summed E-state index contributed by atoms with van der Waals surface area (Å²) in [5.74, 6) is 0. The van der Waals surface area contributed by atoms with E-state index in [0.29, 0.717) is 13.1 Å². The largest absolute Gasteiger partial charge is 0.401 e. The maximum absolute atomic E-state index is 12.1. The summed E-state index contributed by atoms with van der Waals surface area (Å²) < 4.78 is 36.4. The van der Waals surface area contributed by atoms with Gasteiger partial charge in [0.1, 0.15) is 0 Å².